The highest BCUT2D eigenvalue weighted by atomic mass is 16.5. The number of fused-ring (bicyclic) bond motifs is 1. The Bertz CT molecular complexity index is 677. The van der Waals surface area contributed by atoms with E-state index in [0.717, 1.165) is 24.5 Å². The molecule has 0 N–H and O–H groups in total. The van der Waals surface area contributed by atoms with E-state index >= 15 is 0 Å². The smallest absolute Gasteiger partial charge is 0.273 e. The normalized spacial score (nSPS) is 16.4. The fourth-order valence-electron chi connectivity index (χ4n) is 2.77. The molecule has 2 aromatic rings. The lowest BCUT2D eigenvalue weighted by Crippen LogP contribution is -2.47. The Balaban J connectivity index is 1.70. The molecule has 0 saturated carbocycles. The molecule has 0 saturated heterocycles. The fourth-order valence-corrected chi connectivity index (χ4v) is 2.77. The highest BCUT2D eigenvalue weighted by Crippen LogP contribution is 2.32. The maximum Gasteiger partial charge on any atom is 0.273 e. The summed E-state index contributed by atoms with van der Waals surface area (Å²) >= 11 is 0. The Morgan fingerprint density at radius 1 is 1.39 bits per heavy atom. The fraction of sp³-hybridized carbons (Fsp3) is 0.353. The Labute approximate surface area is 135 Å². The molecule has 1 aliphatic heterocycles. The number of nitrogens with zero attached hydrogens (tertiary/aromatic N) is 4. The summed E-state index contributed by atoms with van der Waals surface area (Å²) in [5.41, 5.74) is 1.45. The number of rotatable bonds is 4. The minimum Gasteiger partial charge on any atom is -0.485 e. The van der Waals surface area contributed by atoms with E-state index in [9.17, 15) is 4.79 Å². The van der Waals surface area contributed by atoms with Gasteiger partial charge in [-0.15, -0.1) is 0 Å². The monoisotopic (exact) mass is 312 g/mol. The molecule has 6 heteroatoms. The summed E-state index contributed by atoms with van der Waals surface area (Å²) in [6.45, 7) is 4.28. The van der Waals surface area contributed by atoms with E-state index < -0.39 is 0 Å². The molecule has 23 heavy (non-hydrogen) atoms. The van der Waals surface area contributed by atoms with E-state index in [1.807, 2.05) is 18.2 Å². The van der Waals surface area contributed by atoms with Gasteiger partial charge < -0.3 is 14.5 Å². The maximum absolute atomic E-state index is 12.4. The lowest BCUT2D eigenvalue weighted by Gasteiger charge is -2.37. The van der Waals surface area contributed by atoms with Crippen molar-refractivity contribution in [2.45, 2.75) is 13.0 Å². The molecule has 1 aromatic carbocycles. The van der Waals surface area contributed by atoms with Gasteiger partial charge >= 0.3 is 0 Å². The first-order valence-corrected chi connectivity index (χ1v) is 7.71. The molecular formula is C17H20N4O2. The molecule has 0 spiro atoms. The second kappa shape index (κ2) is 6.64. The summed E-state index contributed by atoms with van der Waals surface area (Å²) < 4.78 is 6.05. The van der Waals surface area contributed by atoms with Crippen LogP contribution in [0, 0.1) is 0 Å². The predicted molar refractivity (Wildman–Crippen MR) is 87.7 cm³/mol. The number of carbonyl (C=O) groups is 1. The van der Waals surface area contributed by atoms with Gasteiger partial charge in [0.2, 0.25) is 0 Å². The van der Waals surface area contributed by atoms with Crippen molar-refractivity contribution in [1.82, 2.24) is 14.9 Å². The zero-order valence-electron chi connectivity index (χ0n) is 13.3. The van der Waals surface area contributed by atoms with Gasteiger partial charge in [-0.2, -0.15) is 0 Å². The SMILES string of the molecule is CCN1C[C@H](CN(C)C(=O)c2cnccn2)Oc2ccccc21. The summed E-state index contributed by atoms with van der Waals surface area (Å²) in [4.78, 5) is 24.3. The van der Waals surface area contributed by atoms with Crippen molar-refractivity contribution in [1.29, 1.82) is 0 Å². The van der Waals surface area contributed by atoms with Gasteiger partial charge in [-0.3, -0.25) is 9.78 Å². The van der Waals surface area contributed by atoms with Crippen LogP contribution in [0.15, 0.2) is 42.9 Å². The van der Waals surface area contributed by atoms with Crippen LogP contribution >= 0.6 is 0 Å². The van der Waals surface area contributed by atoms with Crippen molar-refractivity contribution in [2.75, 3.05) is 31.6 Å². The van der Waals surface area contributed by atoms with Gasteiger partial charge in [0.05, 0.1) is 25.0 Å². The second-order valence-corrected chi connectivity index (χ2v) is 5.52. The number of para-hydroxylation sites is 2. The molecule has 0 aliphatic carbocycles. The van der Waals surface area contributed by atoms with Crippen LogP contribution in [0.25, 0.3) is 0 Å². The average Bonchev–Trinajstić information content (AvgIpc) is 2.61. The summed E-state index contributed by atoms with van der Waals surface area (Å²) in [5.74, 6) is 0.717. The van der Waals surface area contributed by atoms with Crippen LogP contribution in [0.1, 0.15) is 17.4 Å². The first-order valence-electron chi connectivity index (χ1n) is 7.71. The van der Waals surface area contributed by atoms with Crippen molar-refractivity contribution in [3.05, 3.63) is 48.5 Å². The summed E-state index contributed by atoms with van der Waals surface area (Å²) in [6, 6.07) is 8.00. The average molecular weight is 312 g/mol. The Kier molecular flexibility index (Phi) is 4.41. The van der Waals surface area contributed by atoms with Gasteiger partial charge in [-0.1, -0.05) is 12.1 Å². The third kappa shape index (κ3) is 3.26. The lowest BCUT2D eigenvalue weighted by molar-refractivity contribution is 0.0703. The number of aromatic nitrogens is 2. The van der Waals surface area contributed by atoms with Crippen molar-refractivity contribution in [3.63, 3.8) is 0 Å². The lowest BCUT2D eigenvalue weighted by atomic mass is 10.2. The van der Waals surface area contributed by atoms with Gasteiger partial charge in [0.15, 0.2) is 0 Å². The molecule has 0 bridgehead atoms. The molecule has 1 atom stereocenters. The molecule has 0 fully saturated rings. The molecular weight excluding hydrogens is 292 g/mol. The molecule has 120 valence electrons. The number of ether oxygens (including phenoxy) is 1. The highest BCUT2D eigenvalue weighted by molar-refractivity contribution is 5.91. The second-order valence-electron chi connectivity index (χ2n) is 5.52. The van der Waals surface area contributed by atoms with E-state index in [2.05, 4.69) is 27.9 Å². The van der Waals surface area contributed by atoms with Crippen LogP contribution in [-0.2, 0) is 0 Å². The number of hydrogen-bond donors (Lipinski definition) is 0. The number of carbonyl (C=O) groups excluding carboxylic acids is 1. The highest BCUT2D eigenvalue weighted by Gasteiger charge is 2.27. The summed E-state index contributed by atoms with van der Waals surface area (Å²) in [6.07, 6.45) is 4.48. The first-order chi connectivity index (χ1) is 11.2. The third-order valence-electron chi connectivity index (χ3n) is 3.91. The molecule has 3 rings (SSSR count). The Morgan fingerprint density at radius 3 is 2.96 bits per heavy atom. The quantitative estimate of drug-likeness (QED) is 0.862. The van der Waals surface area contributed by atoms with Crippen LogP contribution in [0.5, 0.6) is 5.75 Å². The van der Waals surface area contributed by atoms with Crippen LogP contribution in [0.3, 0.4) is 0 Å². The van der Waals surface area contributed by atoms with Gasteiger partial charge in [0.25, 0.3) is 5.91 Å². The molecule has 0 radical (unpaired) electrons. The zero-order chi connectivity index (χ0) is 16.2. The molecule has 6 nitrogen and oxygen atoms in total. The topological polar surface area (TPSA) is 58.6 Å². The van der Waals surface area contributed by atoms with Crippen LogP contribution < -0.4 is 9.64 Å². The first kappa shape index (κ1) is 15.3. The molecule has 1 aromatic heterocycles. The maximum atomic E-state index is 12.4. The van der Waals surface area contributed by atoms with Crippen molar-refractivity contribution >= 4 is 11.6 Å². The van der Waals surface area contributed by atoms with Crippen molar-refractivity contribution < 1.29 is 9.53 Å². The number of amides is 1. The summed E-state index contributed by atoms with van der Waals surface area (Å²) in [7, 11) is 1.76. The number of likely N-dealkylation sites (N-methyl/N-ethyl adjacent to an activating group) is 2. The standard InChI is InChI=1S/C17H20N4O2/c1-3-21-12-13(23-16-7-5-4-6-15(16)21)11-20(2)17(22)14-10-18-8-9-19-14/h4-10,13H,3,11-12H2,1-2H3/t13-/m0/s1. The third-order valence-corrected chi connectivity index (χ3v) is 3.91. The molecule has 1 aliphatic rings. The van der Waals surface area contributed by atoms with E-state index in [1.165, 1.54) is 12.4 Å². The Morgan fingerprint density at radius 2 is 2.22 bits per heavy atom. The molecule has 0 unspecified atom stereocenters. The van der Waals surface area contributed by atoms with E-state index in [4.69, 9.17) is 4.74 Å². The predicted octanol–water partition coefficient (Wildman–Crippen LogP) is 1.84. The number of anilines is 1. The Hall–Kier alpha value is -2.63. The molecule has 2 heterocycles. The number of benzene rings is 1. The van der Waals surface area contributed by atoms with E-state index in [-0.39, 0.29) is 12.0 Å². The van der Waals surface area contributed by atoms with Gasteiger partial charge in [-0.05, 0) is 19.1 Å². The minimum absolute atomic E-state index is 0.0736. The summed E-state index contributed by atoms with van der Waals surface area (Å²) in [5, 5.41) is 0. The van der Waals surface area contributed by atoms with Gasteiger partial charge in [-0.25, -0.2) is 4.98 Å². The molecule has 1 amide bonds. The van der Waals surface area contributed by atoms with Crippen LogP contribution in [0.2, 0.25) is 0 Å². The number of hydrogen-bond acceptors (Lipinski definition) is 5. The van der Waals surface area contributed by atoms with Crippen LogP contribution in [0.4, 0.5) is 5.69 Å². The van der Waals surface area contributed by atoms with Crippen LogP contribution in [-0.4, -0.2) is 53.6 Å². The largest absolute Gasteiger partial charge is 0.485 e. The van der Waals surface area contributed by atoms with E-state index in [0.29, 0.717) is 12.2 Å². The van der Waals surface area contributed by atoms with Gasteiger partial charge in [0.1, 0.15) is 17.5 Å². The minimum atomic E-state index is -0.149. The van der Waals surface area contributed by atoms with Gasteiger partial charge in [0, 0.05) is 26.0 Å². The van der Waals surface area contributed by atoms with Crippen molar-refractivity contribution in [3.8, 4) is 5.75 Å². The zero-order valence-corrected chi connectivity index (χ0v) is 13.3. The van der Waals surface area contributed by atoms with E-state index in [1.54, 1.807) is 18.1 Å². The van der Waals surface area contributed by atoms with Crippen molar-refractivity contribution in [2.24, 2.45) is 0 Å².